The second-order valence-corrected chi connectivity index (χ2v) is 4.88. The maximum absolute atomic E-state index is 5.83. The maximum Gasteiger partial charge on any atom is 0.0402 e. The molecule has 15 heavy (non-hydrogen) atoms. The molecule has 2 atom stereocenters. The molecule has 80 valence electrons. The van der Waals surface area contributed by atoms with E-state index in [1.165, 1.54) is 36.2 Å². The van der Waals surface area contributed by atoms with E-state index in [4.69, 9.17) is 5.73 Å². The standard InChI is InChI=1S/C13H18N2/c1-9-2-3-12-11(6-9)7-13-10(8-14)4-5-15(12)13/h2-3,6,10,13H,4-5,7-8,14H2,1H3. The minimum atomic E-state index is 0.687. The van der Waals surface area contributed by atoms with Crippen LogP contribution in [0.1, 0.15) is 17.5 Å². The highest BCUT2D eigenvalue weighted by Gasteiger charge is 2.38. The van der Waals surface area contributed by atoms with Crippen molar-refractivity contribution in [2.24, 2.45) is 11.7 Å². The lowest BCUT2D eigenvalue weighted by atomic mass is 9.96. The monoisotopic (exact) mass is 202 g/mol. The molecule has 1 saturated heterocycles. The van der Waals surface area contributed by atoms with Crippen molar-refractivity contribution in [3.8, 4) is 0 Å². The van der Waals surface area contributed by atoms with E-state index in [1.54, 1.807) is 0 Å². The van der Waals surface area contributed by atoms with Crippen LogP contribution < -0.4 is 10.6 Å². The predicted octanol–water partition coefficient (Wildman–Crippen LogP) is 1.70. The summed E-state index contributed by atoms with van der Waals surface area (Å²) in [4.78, 5) is 2.56. The molecule has 1 aromatic carbocycles. The van der Waals surface area contributed by atoms with Gasteiger partial charge in [-0.05, 0) is 43.9 Å². The van der Waals surface area contributed by atoms with Crippen LogP contribution in [0.5, 0.6) is 0 Å². The lowest BCUT2D eigenvalue weighted by Crippen LogP contribution is -2.32. The molecular weight excluding hydrogens is 184 g/mol. The molecule has 0 spiro atoms. The molecular formula is C13H18N2. The zero-order chi connectivity index (χ0) is 10.4. The number of fused-ring (bicyclic) bond motifs is 3. The number of aryl methyl sites for hydroxylation is 1. The number of rotatable bonds is 1. The number of nitrogens with zero attached hydrogens (tertiary/aromatic N) is 1. The lowest BCUT2D eigenvalue weighted by molar-refractivity contribution is 0.491. The topological polar surface area (TPSA) is 29.3 Å². The summed E-state index contributed by atoms with van der Waals surface area (Å²) in [5, 5.41) is 0. The van der Waals surface area contributed by atoms with Gasteiger partial charge in [0, 0.05) is 18.3 Å². The van der Waals surface area contributed by atoms with Crippen LogP contribution in [-0.4, -0.2) is 19.1 Å². The summed E-state index contributed by atoms with van der Waals surface area (Å²) in [5.41, 5.74) is 10.2. The molecule has 3 rings (SSSR count). The van der Waals surface area contributed by atoms with E-state index in [1.807, 2.05) is 0 Å². The first-order valence-electron chi connectivity index (χ1n) is 5.86. The molecule has 2 aliphatic heterocycles. The van der Waals surface area contributed by atoms with Gasteiger partial charge in [0.1, 0.15) is 0 Å². The average Bonchev–Trinajstić information content (AvgIpc) is 2.74. The zero-order valence-corrected chi connectivity index (χ0v) is 9.24. The van der Waals surface area contributed by atoms with E-state index in [9.17, 15) is 0 Å². The number of hydrogen-bond donors (Lipinski definition) is 1. The first-order chi connectivity index (χ1) is 7.29. The van der Waals surface area contributed by atoms with Crippen molar-refractivity contribution in [2.75, 3.05) is 18.0 Å². The summed E-state index contributed by atoms with van der Waals surface area (Å²) in [5.74, 6) is 0.706. The number of benzene rings is 1. The largest absolute Gasteiger partial charge is 0.368 e. The van der Waals surface area contributed by atoms with Crippen molar-refractivity contribution in [1.82, 2.24) is 0 Å². The van der Waals surface area contributed by atoms with Crippen LogP contribution in [0, 0.1) is 12.8 Å². The summed E-state index contributed by atoms with van der Waals surface area (Å²) >= 11 is 0. The van der Waals surface area contributed by atoms with Gasteiger partial charge in [-0.15, -0.1) is 0 Å². The summed E-state index contributed by atoms with van der Waals surface area (Å²) in [6.07, 6.45) is 2.48. The Morgan fingerprint density at radius 3 is 3.13 bits per heavy atom. The van der Waals surface area contributed by atoms with Gasteiger partial charge in [-0.1, -0.05) is 17.7 Å². The molecule has 0 radical (unpaired) electrons. The van der Waals surface area contributed by atoms with Crippen molar-refractivity contribution in [3.63, 3.8) is 0 Å². The van der Waals surface area contributed by atoms with Gasteiger partial charge in [0.2, 0.25) is 0 Å². The van der Waals surface area contributed by atoms with Crippen LogP contribution in [0.25, 0.3) is 0 Å². The fraction of sp³-hybridized carbons (Fsp3) is 0.538. The van der Waals surface area contributed by atoms with Gasteiger partial charge < -0.3 is 10.6 Å². The Balaban J connectivity index is 1.97. The first-order valence-corrected chi connectivity index (χ1v) is 5.86. The molecule has 2 aliphatic rings. The molecule has 2 unspecified atom stereocenters. The SMILES string of the molecule is Cc1ccc2c(c1)CC1C(CN)CCN21. The van der Waals surface area contributed by atoms with Gasteiger partial charge in [-0.3, -0.25) is 0 Å². The van der Waals surface area contributed by atoms with Crippen molar-refractivity contribution in [1.29, 1.82) is 0 Å². The molecule has 0 saturated carbocycles. The Hall–Kier alpha value is -1.02. The second-order valence-electron chi connectivity index (χ2n) is 4.88. The van der Waals surface area contributed by atoms with E-state index in [0.29, 0.717) is 12.0 Å². The van der Waals surface area contributed by atoms with E-state index >= 15 is 0 Å². The van der Waals surface area contributed by atoms with Crippen LogP contribution in [0.4, 0.5) is 5.69 Å². The summed E-state index contributed by atoms with van der Waals surface area (Å²) in [6, 6.07) is 7.52. The minimum absolute atomic E-state index is 0.687. The Labute approximate surface area is 91.1 Å². The molecule has 1 fully saturated rings. The third kappa shape index (κ3) is 1.28. The number of hydrogen-bond acceptors (Lipinski definition) is 2. The third-order valence-corrected chi connectivity index (χ3v) is 3.96. The highest BCUT2D eigenvalue weighted by atomic mass is 15.2. The van der Waals surface area contributed by atoms with Crippen LogP contribution >= 0.6 is 0 Å². The summed E-state index contributed by atoms with van der Waals surface area (Å²) < 4.78 is 0. The lowest BCUT2D eigenvalue weighted by Gasteiger charge is -2.21. The Kier molecular flexibility index (Phi) is 1.99. The molecule has 0 aliphatic carbocycles. The van der Waals surface area contributed by atoms with Crippen molar-refractivity contribution < 1.29 is 0 Å². The Bertz CT molecular complexity index is 386. The van der Waals surface area contributed by atoms with Crippen molar-refractivity contribution in [3.05, 3.63) is 29.3 Å². The van der Waals surface area contributed by atoms with Gasteiger partial charge in [-0.25, -0.2) is 0 Å². The fourth-order valence-electron chi connectivity index (χ4n) is 3.15. The zero-order valence-electron chi connectivity index (χ0n) is 9.24. The van der Waals surface area contributed by atoms with Crippen molar-refractivity contribution >= 4 is 5.69 Å². The predicted molar refractivity (Wildman–Crippen MR) is 63.2 cm³/mol. The van der Waals surface area contributed by atoms with Crippen LogP contribution in [0.3, 0.4) is 0 Å². The molecule has 2 N–H and O–H groups in total. The number of nitrogens with two attached hydrogens (primary N) is 1. The van der Waals surface area contributed by atoms with Crippen molar-refractivity contribution in [2.45, 2.75) is 25.8 Å². The average molecular weight is 202 g/mol. The van der Waals surface area contributed by atoms with Gasteiger partial charge in [0.15, 0.2) is 0 Å². The van der Waals surface area contributed by atoms with Gasteiger partial charge >= 0.3 is 0 Å². The fourth-order valence-corrected chi connectivity index (χ4v) is 3.15. The van der Waals surface area contributed by atoms with Crippen LogP contribution in [0.2, 0.25) is 0 Å². The maximum atomic E-state index is 5.83. The van der Waals surface area contributed by atoms with E-state index < -0.39 is 0 Å². The highest BCUT2D eigenvalue weighted by molar-refractivity contribution is 5.61. The second kappa shape index (κ2) is 3.24. The normalized spacial score (nSPS) is 28.0. The van der Waals surface area contributed by atoms with Gasteiger partial charge in [-0.2, -0.15) is 0 Å². The smallest absolute Gasteiger partial charge is 0.0402 e. The molecule has 2 heteroatoms. The molecule has 0 amide bonds. The van der Waals surface area contributed by atoms with E-state index in [-0.39, 0.29) is 0 Å². The van der Waals surface area contributed by atoms with Crippen LogP contribution in [0.15, 0.2) is 18.2 Å². The summed E-state index contributed by atoms with van der Waals surface area (Å²) in [6.45, 7) is 4.21. The van der Waals surface area contributed by atoms with Gasteiger partial charge in [0.25, 0.3) is 0 Å². The van der Waals surface area contributed by atoms with Crippen LogP contribution in [-0.2, 0) is 6.42 Å². The molecule has 2 nitrogen and oxygen atoms in total. The van der Waals surface area contributed by atoms with E-state index in [0.717, 1.165) is 6.54 Å². The third-order valence-electron chi connectivity index (χ3n) is 3.96. The highest BCUT2D eigenvalue weighted by Crippen LogP contribution is 2.40. The molecule has 0 bridgehead atoms. The molecule has 1 aromatic rings. The quantitative estimate of drug-likeness (QED) is 0.751. The van der Waals surface area contributed by atoms with Gasteiger partial charge in [0.05, 0.1) is 0 Å². The Morgan fingerprint density at radius 1 is 1.47 bits per heavy atom. The summed E-state index contributed by atoms with van der Waals surface area (Å²) in [7, 11) is 0. The molecule has 0 aromatic heterocycles. The Morgan fingerprint density at radius 2 is 2.33 bits per heavy atom. The van der Waals surface area contributed by atoms with E-state index in [2.05, 4.69) is 30.0 Å². The number of anilines is 1. The minimum Gasteiger partial charge on any atom is -0.368 e. The molecule has 2 heterocycles. The first kappa shape index (κ1) is 9.22.